The van der Waals surface area contributed by atoms with Gasteiger partial charge in [0.1, 0.15) is 5.76 Å². The number of nitrogens with zero attached hydrogens (tertiary/aromatic N) is 3. The molecule has 0 saturated carbocycles. The summed E-state index contributed by atoms with van der Waals surface area (Å²) in [6, 6.07) is 7.55. The quantitative estimate of drug-likeness (QED) is 0.554. The Kier molecular flexibility index (Phi) is 8.82. The van der Waals surface area contributed by atoms with Crippen LogP contribution in [0.25, 0.3) is 11.5 Å². The Balaban J connectivity index is 1.17. The molecular formula is C26H37ClN4O2. The molecule has 0 spiro atoms. The molecule has 1 N–H and O–H groups in total. The summed E-state index contributed by atoms with van der Waals surface area (Å²) in [5, 5.41) is 3.89. The molecule has 4 rings (SSSR count). The Labute approximate surface area is 202 Å². The first-order valence-corrected chi connectivity index (χ1v) is 12.9. The van der Waals surface area contributed by atoms with Gasteiger partial charge >= 0.3 is 0 Å². The van der Waals surface area contributed by atoms with Gasteiger partial charge in [-0.2, -0.15) is 0 Å². The summed E-state index contributed by atoms with van der Waals surface area (Å²) in [7, 11) is 0. The number of carbonyl (C=O) groups is 1. The van der Waals surface area contributed by atoms with Crippen molar-refractivity contribution in [1.82, 2.24) is 20.1 Å². The lowest BCUT2D eigenvalue weighted by atomic mass is 9.95. The Morgan fingerprint density at radius 3 is 2.45 bits per heavy atom. The second kappa shape index (κ2) is 12.0. The van der Waals surface area contributed by atoms with Gasteiger partial charge in [0.15, 0.2) is 0 Å². The monoisotopic (exact) mass is 472 g/mol. The SMILES string of the molecule is Cc1oc(-c2ccc(Cl)cc2)nc1CN1CCC(C(=O)NCCCN2CCCCCC2)CC1. The van der Waals surface area contributed by atoms with Crippen molar-refractivity contribution in [3.63, 3.8) is 0 Å². The minimum Gasteiger partial charge on any atom is -0.441 e. The molecule has 2 aliphatic heterocycles. The lowest BCUT2D eigenvalue weighted by molar-refractivity contribution is -0.126. The van der Waals surface area contributed by atoms with Gasteiger partial charge in [-0.1, -0.05) is 24.4 Å². The predicted octanol–water partition coefficient (Wildman–Crippen LogP) is 4.90. The molecule has 0 radical (unpaired) electrons. The fourth-order valence-corrected chi connectivity index (χ4v) is 5.00. The molecule has 6 nitrogen and oxygen atoms in total. The molecule has 0 atom stereocenters. The van der Waals surface area contributed by atoms with E-state index in [0.717, 1.165) is 69.0 Å². The summed E-state index contributed by atoms with van der Waals surface area (Å²) in [5.74, 6) is 1.84. The van der Waals surface area contributed by atoms with Crippen molar-refractivity contribution in [3.8, 4) is 11.5 Å². The lowest BCUT2D eigenvalue weighted by Crippen LogP contribution is -2.41. The number of hydrogen-bond acceptors (Lipinski definition) is 5. The van der Waals surface area contributed by atoms with E-state index in [0.29, 0.717) is 10.9 Å². The van der Waals surface area contributed by atoms with E-state index in [1.165, 1.54) is 38.8 Å². The van der Waals surface area contributed by atoms with E-state index in [9.17, 15) is 4.79 Å². The average molecular weight is 473 g/mol. The number of aromatic nitrogens is 1. The number of carbonyl (C=O) groups excluding carboxylic acids is 1. The van der Waals surface area contributed by atoms with Gasteiger partial charge in [0.25, 0.3) is 0 Å². The highest BCUT2D eigenvalue weighted by molar-refractivity contribution is 6.30. The van der Waals surface area contributed by atoms with Gasteiger partial charge in [-0.15, -0.1) is 0 Å². The van der Waals surface area contributed by atoms with E-state index in [1.54, 1.807) is 0 Å². The van der Waals surface area contributed by atoms with Crippen molar-refractivity contribution >= 4 is 17.5 Å². The van der Waals surface area contributed by atoms with Gasteiger partial charge < -0.3 is 14.6 Å². The largest absolute Gasteiger partial charge is 0.441 e. The van der Waals surface area contributed by atoms with Gasteiger partial charge in [-0.05, 0) is 96.0 Å². The number of oxazole rings is 1. The summed E-state index contributed by atoms with van der Waals surface area (Å²) >= 11 is 5.98. The van der Waals surface area contributed by atoms with Crippen molar-refractivity contribution in [2.45, 2.75) is 58.4 Å². The first-order chi connectivity index (χ1) is 16.1. The van der Waals surface area contributed by atoms with Gasteiger partial charge in [-0.25, -0.2) is 4.98 Å². The van der Waals surface area contributed by atoms with Crippen molar-refractivity contribution < 1.29 is 9.21 Å². The standard InChI is InChI=1S/C26H37ClN4O2/c1-20-24(29-26(33-20)22-7-9-23(27)10-8-22)19-31-17-11-21(12-18-31)25(32)28-13-6-16-30-14-4-2-3-5-15-30/h7-10,21H,2-6,11-19H2,1H3,(H,28,32). The molecular weight excluding hydrogens is 436 g/mol. The van der Waals surface area contributed by atoms with Crippen LogP contribution in [0.4, 0.5) is 0 Å². The number of hydrogen-bond donors (Lipinski definition) is 1. The maximum Gasteiger partial charge on any atom is 0.226 e. The van der Waals surface area contributed by atoms with Crippen LogP contribution in [-0.2, 0) is 11.3 Å². The molecule has 0 aliphatic carbocycles. The van der Waals surface area contributed by atoms with Crippen LogP contribution in [0.15, 0.2) is 28.7 Å². The number of likely N-dealkylation sites (tertiary alicyclic amines) is 2. The fourth-order valence-electron chi connectivity index (χ4n) is 4.87. The second-order valence-corrected chi connectivity index (χ2v) is 9.92. The zero-order chi connectivity index (χ0) is 23.0. The third kappa shape index (κ3) is 7.05. The zero-order valence-corrected chi connectivity index (χ0v) is 20.6. The highest BCUT2D eigenvalue weighted by atomic mass is 35.5. The summed E-state index contributed by atoms with van der Waals surface area (Å²) < 4.78 is 5.90. The number of halogens is 1. The van der Waals surface area contributed by atoms with Crippen molar-refractivity contribution in [1.29, 1.82) is 0 Å². The summed E-state index contributed by atoms with van der Waals surface area (Å²) in [6.07, 6.45) is 8.23. The van der Waals surface area contributed by atoms with Crippen LogP contribution < -0.4 is 5.32 Å². The maximum absolute atomic E-state index is 12.6. The van der Waals surface area contributed by atoms with E-state index in [4.69, 9.17) is 21.0 Å². The number of piperidine rings is 1. The molecule has 0 unspecified atom stereocenters. The van der Waals surface area contributed by atoms with Gasteiger partial charge in [0, 0.05) is 29.6 Å². The normalized spacial score (nSPS) is 18.8. The minimum atomic E-state index is 0.127. The summed E-state index contributed by atoms with van der Waals surface area (Å²) in [5.41, 5.74) is 1.90. The van der Waals surface area contributed by atoms with Crippen molar-refractivity contribution in [2.75, 3.05) is 39.3 Å². The highest BCUT2D eigenvalue weighted by Gasteiger charge is 2.26. The number of amides is 1. The van der Waals surface area contributed by atoms with Crippen LogP contribution in [0, 0.1) is 12.8 Å². The van der Waals surface area contributed by atoms with Crippen LogP contribution in [0.3, 0.4) is 0 Å². The van der Waals surface area contributed by atoms with E-state index >= 15 is 0 Å². The summed E-state index contributed by atoms with van der Waals surface area (Å²) in [4.78, 5) is 22.3. The summed E-state index contributed by atoms with van der Waals surface area (Å²) in [6.45, 7) is 8.88. The predicted molar refractivity (Wildman–Crippen MR) is 132 cm³/mol. The molecule has 2 saturated heterocycles. The third-order valence-corrected chi connectivity index (χ3v) is 7.22. The second-order valence-electron chi connectivity index (χ2n) is 9.48. The van der Waals surface area contributed by atoms with E-state index < -0.39 is 0 Å². The molecule has 1 amide bonds. The zero-order valence-electron chi connectivity index (χ0n) is 19.8. The first-order valence-electron chi connectivity index (χ1n) is 12.5. The van der Waals surface area contributed by atoms with E-state index in [-0.39, 0.29) is 11.8 Å². The molecule has 3 heterocycles. The molecule has 33 heavy (non-hydrogen) atoms. The Morgan fingerprint density at radius 2 is 1.76 bits per heavy atom. The van der Waals surface area contributed by atoms with Crippen LogP contribution >= 0.6 is 11.6 Å². The minimum absolute atomic E-state index is 0.127. The van der Waals surface area contributed by atoms with E-state index in [2.05, 4.69) is 15.1 Å². The fraction of sp³-hybridized carbons (Fsp3) is 0.615. The van der Waals surface area contributed by atoms with Gasteiger partial charge in [0.05, 0.1) is 5.69 Å². The van der Waals surface area contributed by atoms with Gasteiger partial charge in [0.2, 0.25) is 11.8 Å². The number of rotatable bonds is 8. The van der Waals surface area contributed by atoms with Crippen LogP contribution in [0.1, 0.15) is 56.4 Å². The average Bonchev–Trinajstić information content (AvgIpc) is 3.01. The lowest BCUT2D eigenvalue weighted by Gasteiger charge is -2.30. The van der Waals surface area contributed by atoms with E-state index in [1.807, 2.05) is 31.2 Å². The van der Waals surface area contributed by atoms with Crippen LogP contribution in [-0.4, -0.2) is 60.0 Å². The molecule has 7 heteroatoms. The Bertz CT molecular complexity index is 882. The Hall–Kier alpha value is -1.89. The molecule has 2 aliphatic rings. The smallest absolute Gasteiger partial charge is 0.226 e. The molecule has 0 bridgehead atoms. The molecule has 2 fully saturated rings. The molecule has 2 aromatic rings. The number of aryl methyl sites for hydroxylation is 1. The highest BCUT2D eigenvalue weighted by Crippen LogP contribution is 2.25. The van der Waals surface area contributed by atoms with Gasteiger partial charge in [-0.3, -0.25) is 9.69 Å². The van der Waals surface area contributed by atoms with Crippen LogP contribution in [0.5, 0.6) is 0 Å². The Morgan fingerprint density at radius 1 is 1.06 bits per heavy atom. The molecule has 1 aromatic heterocycles. The first kappa shape index (κ1) is 24.2. The third-order valence-electron chi connectivity index (χ3n) is 6.96. The molecule has 1 aromatic carbocycles. The number of nitrogens with one attached hydrogen (secondary N) is 1. The van der Waals surface area contributed by atoms with Crippen molar-refractivity contribution in [3.05, 3.63) is 40.7 Å². The van der Waals surface area contributed by atoms with Crippen LogP contribution in [0.2, 0.25) is 5.02 Å². The van der Waals surface area contributed by atoms with Crippen molar-refractivity contribution in [2.24, 2.45) is 5.92 Å². The number of benzene rings is 1. The topological polar surface area (TPSA) is 61.6 Å². The maximum atomic E-state index is 12.6. The molecule has 180 valence electrons.